The van der Waals surface area contributed by atoms with Gasteiger partial charge in [-0.1, -0.05) is 22.0 Å². The zero-order chi connectivity index (χ0) is 12.4. The third-order valence-electron chi connectivity index (χ3n) is 2.65. The van der Waals surface area contributed by atoms with Gasteiger partial charge in [0, 0.05) is 16.7 Å². The van der Waals surface area contributed by atoms with Gasteiger partial charge in [-0.15, -0.1) is 0 Å². The number of aryl methyl sites for hydroxylation is 2. The number of rotatable bonds is 3. The van der Waals surface area contributed by atoms with Crippen molar-refractivity contribution >= 4 is 15.9 Å². The molecule has 3 nitrogen and oxygen atoms in total. The molecule has 0 aliphatic carbocycles. The highest BCUT2D eigenvalue weighted by Crippen LogP contribution is 2.21. The Balaban J connectivity index is 2.56. The molecule has 0 bridgehead atoms. The SMILES string of the molecule is CNCc1ccc(Br)cc1-n1nc(C)cc1C. The molecule has 0 saturated heterocycles. The first-order valence-electron chi connectivity index (χ1n) is 5.58. The molecule has 0 amide bonds. The van der Waals surface area contributed by atoms with Crippen LogP contribution in [0, 0.1) is 13.8 Å². The van der Waals surface area contributed by atoms with Crippen molar-refractivity contribution in [2.45, 2.75) is 20.4 Å². The second-order valence-corrected chi connectivity index (χ2v) is 5.06. The molecule has 0 unspecified atom stereocenters. The highest BCUT2D eigenvalue weighted by Gasteiger charge is 2.09. The summed E-state index contributed by atoms with van der Waals surface area (Å²) in [6.45, 7) is 4.92. The Bertz CT molecular complexity index is 531. The Morgan fingerprint density at radius 3 is 2.65 bits per heavy atom. The molecule has 0 aliphatic rings. The third-order valence-corrected chi connectivity index (χ3v) is 3.15. The van der Waals surface area contributed by atoms with Crippen molar-refractivity contribution in [3.8, 4) is 5.69 Å². The van der Waals surface area contributed by atoms with E-state index in [-0.39, 0.29) is 0 Å². The Hall–Kier alpha value is -1.13. The zero-order valence-electron chi connectivity index (χ0n) is 10.3. The number of nitrogens with one attached hydrogen (secondary N) is 1. The fourth-order valence-electron chi connectivity index (χ4n) is 1.95. The zero-order valence-corrected chi connectivity index (χ0v) is 11.9. The predicted octanol–water partition coefficient (Wildman–Crippen LogP) is 2.97. The summed E-state index contributed by atoms with van der Waals surface area (Å²) >= 11 is 3.51. The smallest absolute Gasteiger partial charge is 0.0704 e. The summed E-state index contributed by atoms with van der Waals surface area (Å²) in [4.78, 5) is 0. The van der Waals surface area contributed by atoms with Gasteiger partial charge in [-0.2, -0.15) is 5.10 Å². The van der Waals surface area contributed by atoms with Crippen LogP contribution in [0.5, 0.6) is 0 Å². The van der Waals surface area contributed by atoms with Crippen LogP contribution in [0.4, 0.5) is 0 Å². The maximum absolute atomic E-state index is 4.53. The Labute approximate surface area is 110 Å². The van der Waals surface area contributed by atoms with E-state index in [9.17, 15) is 0 Å². The van der Waals surface area contributed by atoms with Crippen LogP contribution in [0.15, 0.2) is 28.7 Å². The quantitative estimate of drug-likeness (QED) is 0.943. The molecule has 1 aromatic heterocycles. The summed E-state index contributed by atoms with van der Waals surface area (Å²) in [5.74, 6) is 0. The molecule has 0 fully saturated rings. The number of hydrogen-bond donors (Lipinski definition) is 1. The number of benzene rings is 1. The third kappa shape index (κ3) is 2.58. The van der Waals surface area contributed by atoms with E-state index in [4.69, 9.17) is 0 Å². The lowest BCUT2D eigenvalue weighted by atomic mass is 10.1. The Kier molecular flexibility index (Phi) is 3.64. The van der Waals surface area contributed by atoms with Gasteiger partial charge >= 0.3 is 0 Å². The van der Waals surface area contributed by atoms with E-state index in [2.05, 4.69) is 57.5 Å². The Morgan fingerprint density at radius 1 is 1.29 bits per heavy atom. The van der Waals surface area contributed by atoms with Gasteiger partial charge in [-0.05, 0) is 44.7 Å². The molecule has 1 N–H and O–H groups in total. The van der Waals surface area contributed by atoms with Crippen molar-refractivity contribution < 1.29 is 0 Å². The largest absolute Gasteiger partial charge is 0.316 e. The topological polar surface area (TPSA) is 29.9 Å². The van der Waals surface area contributed by atoms with Gasteiger partial charge in [-0.25, -0.2) is 4.68 Å². The first-order chi connectivity index (χ1) is 8.11. The van der Waals surface area contributed by atoms with Crippen LogP contribution in [-0.2, 0) is 6.54 Å². The summed E-state index contributed by atoms with van der Waals surface area (Å²) in [6, 6.07) is 8.37. The van der Waals surface area contributed by atoms with Crippen LogP contribution in [0.2, 0.25) is 0 Å². The summed E-state index contributed by atoms with van der Waals surface area (Å²) in [5.41, 5.74) is 4.55. The lowest BCUT2D eigenvalue weighted by molar-refractivity contribution is 0.774. The van der Waals surface area contributed by atoms with Crippen molar-refractivity contribution in [2.75, 3.05) is 7.05 Å². The average molecular weight is 294 g/mol. The molecule has 0 saturated carbocycles. The van der Waals surface area contributed by atoms with E-state index in [0.717, 1.165) is 28.1 Å². The molecule has 0 radical (unpaired) electrons. The van der Waals surface area contributed by atoms with E-state index in [1.165, 1.54) is 5.56 Å². The van der Waals surface area contributed by atoms with E-state index in [0.29, 0.717) is 0 Å². The second kappa shape index (κ2) is 5.02. The van der Waals surface area contributed by atoms with Crippen LogP contribution in [-0.4, -0.2) is 16.8 Å². The van der Waals surface area contributed by atoms with Crippen LogP contribution in [0.25, 0.3) is 5.69 Å². The van der Waals surface area contributed by atoms with E-state index >= 15 is 0 Å². The van der Waals surface area contributed by atoms with Gasteiger partial charge in [0.15, 0.2) is 0 Å². The molecular weight excluding hydrogens is 278 g/mol. The standard InChI is InChI=1S/C13H16BrN3/c1-9-6-10(2)17(16-9)13-7-12(14)5-4-11(13)8-15-3/h4-7,15H,8H2,1-3H3. The molecule has 2 aromatic rings. The van der Waals surface area contributed by atoms with Crippen LogP contribution >= 0.6 is 15.9 Å². The summed E-state index contributed by atoms with van der Waals surface area (Å²) < 4.78 is 3.06. The van der Waals surface area contributed by atoms with Gasteiger partial charge in [0.2, 0.25) is 0 Å². The molecule has 90 valence electrons. The molecule has 1 heterocycles. The lowest BCUT2D eigenvalue weighted by Gasteiger charge is -2.11. The maximum atomic E-state index is 4.53. The van der Waals surface area contributed by atoms with Crippen molar-refractivity contribution in [1.29, 1.82) is 0 Å². The molecular formula is C13H16BrN3. The summed E-state index contributed by atoms with van der Waals surface area (Å²) in [6.07, 6.45) is 0. The molecule has 0 atom stereocenters. The van der Waals surface area contributed by atoms with Crippen LogP contribution in [0.3, 0.4) is 0 Å². The van der Waals surface area contributed by atoms with Gasteiger partial charge in [-0.3, -0.25) is 0 Å². The fraction of sp³-hybridized carbons (Fsp3) is 0.308. The monoisotopic (exact) mass is 293 g/mol. The first kappa shape index (κ1) is 12.3. The minimum atomic E-state index is 0.834. The molecule has 2 rings (SSSR count). The van der Waals surface area contributed by atoms with Gasteiger partial charge < -0.3 is 5.32 Å². The highest BCUT2D eigenvalue weighted by molar-refractivity contribution is 9.10. The van der Waals surface area contributed by atoms with Gasteiger partial charge in [0.05, 0.1) is 11.4 Å². The summed E-state index contributed by atoms with van der Waals surface area (Å²) in [7, 11) is 1.95. The van der Waals surface area contributed by atoms with Crippen molar-refractivity contribution in [3.63, 3.8) is 0 Å². The summed E-state index contributed by atoms with van der Waals surface area (Å²) in [5, 5.41) is 7.72. The second-order valence-electron chi connectivity index (χ2n) is 4.14. The normalized spacial score (nSPS) is 10.8. The van der Waals surface area contributed by atoms with E-state index < -0.39 is 0 Å². The molecule has 1 aromatic carbocycles. The highest BCUT2D eigenvalue weighted by atomic mass is 79.9. The van der Waals surface area contributed by atoms with Crippen molar-refractivity contribution in [1.82, 2.24) is 15.1 Å². The number of halogens is 1. The predicted molar refractivity (Wildman–Crippen MR) is 73.5 cm³/mol. The average Bonchev–Trinajstić information content (AvgIpc) is 2.61. The van der Waals surface area contributed by atoms with E-state index in [1.807, 2.05) is 18.7 Å². The minimum absolute atomic E-state index is 0.834. The molecule has 0 spiro atoms. The maximum Gasteiger partial charge on any atom is 0.0704 e. The molecule has 0 aliphatic heterocycles. The van der Waals surface area contributed by atoms with Crippen molar-refractivity contribution in [2.24, 2.45) is 0 Å². The van der Waals surface area contributed by atoms with Crippen LogP contribution in [0.1, 0.15) is 17.0 Å². The van der Waals surface area contributed by atoms with Gasteiger partial charge in [0.25, 0.3) is 0 Å². The number of aromatic nitrogens is 2. The first-order valence-corrected chi connectivity index (χ1v) is 6.38. The fourth-order valence-corrected chi connectivity index (χ4v) is 2.30. The van der Waals surface area contributed by atoms with E-state index in [1.54, 1.807) is 0 Å². The van der Waals surface area contributed by atoms with Crippen LogP contribution < -0.4 is 5.32 Å². The molecule has 4 heteroatoms. The van der Waals surface area contributed by atoms with Gasteiger partial charge in [0.1, 0.15) is 0 Å². The van der Waals surface area contributed by atoms with Crippen molar-refractivity contribution in [3.05, 3.63) is 45.7 Å². The Morgan fingerprint density at radius 2 is 2.06 bits per heavy atom. The molecule has 17 heavy (non-hydrogen) atoms. The lowest BCUT2D eigenvalue weighted by Crippen LogP contribution is -2.10. The number of nitrogens with zero attached hydrogens (tertiary/aromatic N) is 2. The minimum Gasteiger partial charge on any atom is -0.316 e. The number of hydrogen-bond acceptors (Lipinski definition) is 2.